The van der Waals surface area contributed by atoms with Crippen molar-refractivity contribution in [2.24, 2.45) is 0 Å². The molecule has 1 aliphatic heterocycles. The van der Waals surface area contributed by atoms with Crippen LogP contribution in [0.5, 0.6) is 11.5 Å². The monoisotopic (exact) mass is 570 g/mol. The number of hydrogen-bond acceptors (Lipinski definition) is 1. The average Bonchev–Trinajstić information content (AvgIpc) is 3.11. The van der Waals surface area contributed by atoms with Crippen LogP contribution >= 0.6 is 0 Å². The summed E-state index contributed by atoms with van der Waals surface area (Å²) in [6.45, 7) is 0. The number of fused-ring (bicyclic) bond motifs is 2. The Balaban J connectivity index is 1.10. The third-order valence-corrected chi connectivity index (χ3v) is 9.57. The summed E-state index contributed by atoms with van der Waals surface area (Å²) >= 11 is 0. The van der Waals surface area contributed by atoms with Crippen LogP contribution in [0.1, 0.15) is 0 Å². The van der Waals surface area contributed by atoms with E-state index >= 15 is 0 Å². The van der Waals surface area contributed by atoms with Gasteiger partial charge >= 0.3 is 0 Å². The highest BCUT2D eigenvalue weighted by atomic mass is 16.5. The lowest BCUT2D eigenvalue weighted by atomic mass is 9.88. The molecule has 9 aromatic carbocycles. The maximum Gasteiger partial charge on any atom is 0.135 e. The van der Waals surface area contributed by atoms with Crippen LogP contribution in [0.3, 0.4) is 0 Å². The first kappa shape index (κ1) is 24.5. The summed E-state index contributed by atoms with van der Waals surface area (Å²) in [6.07, 6.45) is 0. The highest BCUT2D eigenvalue weighted by molar-refractivity contribution is 6.26. The molecule has 208 valence electrons. The number of rotatable bonds is 3. The summed E-state index contributed by atoms with van der Waals surface area (Å²) < 4.78 is 6.36. The van der Waals surface area contributed by atoms with Crippen LogP contribution in [0.4, 0.5) is 0 Å². The Kier molecular flexibility index (Phi) is 5.06. The van der Waals surface area contributed by atoms with Crippen molar-refractivity contribution >= 4 is 43.1 Å². The van der Waals surface area contributed by atoms with Crippen LogP contribution in [0.2, 0.25) is 0 Å². The van der Waals surface area contributed by atoms with Crippen molar-refractivity contribution < 1.29 is 4.74 Å². The summed E-state index contributed by atoms with van der Waals surface area (Å²) in [5.41, 5.74) is 9.72. The molecule has 1 heterocycles. The zero-order valence-electron chi connectivity index (χ0n) is 24.4. The molecule has 1 nitrogen and oxygen atoms in total. The van der Waals surface area contributed by atoms with Crippen molar-refractivity contribution in [3.63, 3.8) is 0 Å². The zero-order chi connectivity index (χ0) is 29.5. The Hall–Kier alpha value is -5.92. The van der Waals surface area contributed by atoms with Crippen molar-refractivity contribution in [1.82, 2.24) is 0 Å². The van der Waals surface area contributed by atoms with Gasteiger partial charge in [-0.05, 0) is 113 Å². The minimum atomic E-state index is 0.906. The minimum absolute atomic E-state index is 0.906. The van der Waals surface area contributed by atoms with Crippen LogP contribution in [-0.2, 0) is 0 Å². The molecule has 0 aromatic heterocycles. The van der Waals surface area contributed by atoms with E-state index in [0.717, 1.165) is 17.1 Å². The summed E-state index contributed by atoms with van der Waals surface area (Å²) in [5, 5.41) is 10.2. The van der Waals surface area contributed by atoms with Gasteiger partial charge in [-0.3, -0.25) is 0 Å². The van der Waals surface area contributed by atoms with E-state index in [4.69, 9.17) is 4.74 Å². The Morgan fingerprint density at radius 1 is 0.289 bits per heavy atom. The molecular formula is C44H26O. The van der Waals surface area contributed by atoms with E-state index in [9.17, 15) is 0 Å². The summed E-state index contributed by atoms with van der Waals surface area (Å²) in [5.74, 6) is 1.83. The zero-order valence-corrected chi connectivity index (χ0v) is 24.4. The van der Waals surface area contributed by atoms with Crippen molar-refractivity contribution in [2.75, 3.05) is 0 Å². The maximum absolute atomic E-state index is 6.36. The standard InChI is InChI=1S/C44H26O/c1-2-7-27(8-3-1)36-20-17-29-15-16-33-24-35(25-34-18-21-38(36)44(29)42(33)34)31-12-4-11-30(23-31)32-19-22-40-39(26-32)37-13-5-9-28-10-6-14-41(45-40)43(28)37/h1-26H. The molecule has 0 atom stereocenters. The minimum Gasteiger partial charge on any atom is -0.456 e. The summed E-state index contributed by atoms with van der Waals surface area (Å²) in [6, 6.07) is 57.4. The van der Waals surface area contributed by atoms with Gasteiger partial charge in [0.05, 0.1) is 0 Å². The molecular weight excluding hydrogens is 544 g/mol. The molecule has 1 heteroatoms. The second-order valence-electron chi connectivity index (χ2n) is 12.1. The van der Waals surface area contributed by atoms with E-state index in [2.05, 4.69) is 158 Å². The highest BCUT2D eigenvalue weighted by Gasteiger charge is 2.20. The lowest BCUT2D eigenvalue weighted by Crippen LogP contribution is -1.97. The van der Waals surface area contributed by atoms with Gasteiger partial charge in [0.25, 0.3) is 0 Å². The first-order chi connectivity index (χ1) is 22.3. The Morgan fingerprint density at radius 3 is 1.82 bits per heavy atom. The van der Waals surface area contributed by atoms with E-state index in [1.165, 1.54) is 82.0 Å². The fourth-order valence-electron chi connectivity index (χ4n) is 7.48. The normalized spacial score (nSPS) is 12.2. The first-order valence-corrected chi connectivity index (χ1v) is 15.5. The molecule has 0 spiro atoms. The van der Waals surface area contributed by atoms with E-state index in [-0.39, 0.29) is 0 Å². The molecule has 1 aliphatic rings. The molecule has 0 bridgehead atoms. The van der Waals surface area contributed by atoms with Crippen molar-refractivity contribution in [2.45, 2.75) is 0 Å². The molecule has 0 aliphatic carbocycles. The molecule has 0 radical (unpaired) electrons. The van der Waals surface area contributed by atoms with E-state index < -0.39 is 0 Å². The smallest absolute Gasteiger partial charge is 0.135 e. The second kappa shape index (κ2) is 9.29. The van der Waals surface area contributed by atoms with E-state index in [0.29, 0.717) is 0 Å². The molecule has 0 saturated carbocycles. The van der Waals surface area contributed by atoms with Gasteiger partial charge in [-0.15, -0.1) is 0 Å². The Bertz CT molecular complexity index is 2590. The van der Waals surface area contributed by atoms with Crippen molar-refractivity contribution in [1.29, 1.82) is 0 Å². The lowest BCUT2D eigenvalue weighted by molar-refractivity contribution is 0.487. The van der Waals surface area contributed by atoms with Gasteiger partial charge in [0, 0.05) is 10.9 Å². The third-order valence-electron chi connectivity index (χ3n) is 9.57. The molecule has 0 saturated heterocycles. The van der Waals surface area contributed by atoms with Gasteiger partial charge < -0.3 is 4.74 Å². The molecule has 10 rings (SSSR count). The summed E-state index contributed by atoms with van der Waals surface area (Å²) in [7, 11) is 0. The average molecular weight is 571 g/mol. The topological polar surface area (TPSA) is 9.23 Å². The molecule has 0 fully saturated rings. The van der Waals surface area contributed by atoms with Crippen LogP contribution in [0.15, 0.2) is 158 Å². The fraction of sp³-hybridized carbons (Fsp3) is 0. The van der Waals surface area contributed by atoms with Gasteiger partial charge in [0.1, 0.15) is 11.5 Å². The quantitative estimate of drug-likeness (QED) is 0.192. The van der Waals surface area contributed by atoms with E-state index in [1.807, 2.05) is 0 Å². The van der Waals surface area contributed by atoms with Crippen molar-refractivity contribution in [3.8, 4) is 56.0 Å². The largest absolute Gasteiger partial charge is 0.456 e. The van der Waals surface area contributed by atoms with E-state index in [1.54, 1.807) is 0 Å². The molecule has 0 amide bonds. The predicted molar refractivity (Wildman–Crippen MR) is 189 cm³/mol. The van der Waals surface area contributed by atoms with Crippen LogP contribution < -0.4 is 4.74 Å². The Labute approximate surface area is 260 Å². The first-order valence-electron chi connectivity index (χ1n) is 15.5. The number of benzene rings is 9. The van der Waals surface area contributed by atoms with Gasteiger partial charge in [-0.2, -0.15) is 0 Å². The highest BCUT2D eigenvalue weighted by Crippen LogP contribution is 2.48. The Morgan fingerprint density at radius 2 is 0.956 bits per heavy atom. The molecule has 45 heavy (non-hydrogen) atoms. The third kappa shape index (κ3) is 3.68. The number of ether oxygens (including phenoxy) is 1. The van der Waals surface area contributed by atoms with Crippen molar-refractivity contribution in [3.05, 3.63) is 158 Å². The fourth-order valence-corrected chi connectivity index (χ4v) is 7.48. The van der Waals surface area contributed by atoms with Gasteiger partial charge in [0.2, 0.25) is 0 Å². The molecule has 0 unspecified atom stereocenters. The predicted octanol–water partition coefficient (Wildman–Crippen LogP) is 12.5. The van der Waals surface area contributed by atoms with Gasteiger partial charge in [0.15, 0.2) is 0 Å². The second-order valence-corrected chi connectivity index (χ2v) is 12.1. The molecule has 9 aromatic rings. The van der Waals surface area contributed by atoms with Crippen LogP contribution in [0.25, 0.3) is 87.6 Å². The van der Waals surface area contributed by atoms with Crippen LogP contribution in [0, 0.1) is 0 Å². The van der Waals surface area contributed by atoms with Crippen LogP contribution in [-0.4, -0.2) is 0 Å². The van der Waals surface area contributed by atoms with Gasteiger partial charge in [-0.1, -0.05) is 121 Å². The summed E-state index contributed by atoms with van der Waals surface area (Å²) in [4.78, 5) is 0. The SMILES string of the molecule is c1ccc(-c2ccc3ccc4cc(-c5cccc(-c6ccc7c(c6)-c6cccc8cccc(c68)O7)c5)cc5ccc2c3c45)cc1. The maximum atomic E-state index is 6.36. The number of hydrogen-bond donors (Lipinski definition) is 0. The molecule has 0 N–H and O–H groups in total. The lowest BCUT2D eigenvalue weighted by Gasteiger charge is -2.22. The van der Waals surface area contributed by atoms with Gasteiger partial charge in [-0.25, -0.2) is 0 Å².